The van der Waals surface area contributed by atoms with Gasteiger partial charge in [-0.05, 0) is 62.3 Å². The van der Waals surface area contributed by atoms with Crippen molar-refractivity contribution < 1.29 is 48.2 Å². The van der Waals surface area contributed by atoms with E-state index >= 15 is 0 Å². The molecule has 0 spiro atoms. The molecule has 0 aliphatic carbocycles. The van der Waals surface area contributed by atoms with Gasteiger partial charge in [-0.1, -0.05) is 76.2 Å². The molecule has 320 valence electrons. The summed E-state index contributed by atoms with van der Waals surface area (Å²) in [6, 6.07) is 7.31. The molecule has 7 amide bonds. The van der Waals surface area contributed by atoms with Crippen LogP contribution in [0.4, 0.5) is 0 Å². The van der Waals surface area contributed by atoms with Crippen LogP contribution in [0.25, 0.3) is 0 Å². The van der Waals surface area contributed by atoms with Crippen molar-refractivity contribution in [2.45, 2.75) is 117 Å². The van der Waals surface area contributed by atoms with Crippen molar-refractivity contribution in [1.82, 2.24) is 37.2 Å². The summed E-state index contributed by atoms with van der Waals surface area (Å²) in [5.41, 5.74) is 0.997. The largest absolute Gasteiger partial charge is 0.508 e. The summed E-state index contributed by atoms with van der Waals surface area (Å²) >= 11 is 0. The second-order valence-corrected chi connectivity index (χ2v) is 15.3. The Morgan fingerprint density at radius 2 is 1.31 bits per heavy atom. The molecule has 7 atom stereocenters. The zero-order valence-electron chi connectivity index (χ0n) is 34.7. The number of ether oxygens (including phenoxy) is 1. The van der Waals surface area contributed by atoms with Crippen molar-refractivity contribution in [3.63, 3.8) is 0 Å². The number of phenols is 1. The molecule has 1 fully saturated rings. The van der Waals surface area contributed by atoms with Crippen LogP contribution in [0.5, 0.6) is 5.75 Å². The first kappa shape index (κ1) is 47.1. The molecular formula is C42H57N7O10. The molecule has 17 nitrogen and oxygen atoms in total. The van der Waals surface area contributed by atoms with E-state index in [1.807, 2.05) is 19.9 Å². The molecular weight excluding hydrogens is 763 g/mol. The standard InChI is InChI=1S/C42H57N7O10/c1-9-30-42(58)59-25(7)35(41(57)48-34(23(4)5)40(56)43-24(6)36(52)45-30)49-39(55)33(21-28-15-17-29(51)18-16-28)47-37(53)31(19-22(2)3)46-38(54)32(44-26(8)50)20-27-13-11-10-12-14-27/h9-18,22-25,31-35,51H,19-21H2,1-8H3,(H,43,56)(H,44,50)(H,45,52)(H,46,54)(H,47,53)(H,48,57)(H,49,55)/b30-9-/t24-,25+,31+,32-,33-,34-,35+/m0/s1. The Kier molecular flexibility index (Phi) is 17.6. The molecule has 2 aromatic carbocycles. The number of allylic oxidation sites excluding steroid dienone is 1. The van der Waals surface area contributed by atoms with Crippen molar-refractivity contribution in [3.8, 4) is 5.75 Å². The smallest absolute Gasteiger partial charge is 0.354 e. The maximum absolute atomic E-state index is 14.3. The van der Waals surface area contributed by atoms with E-state index in [-0.39, 0.29) is 36.6 Å². The first-order chi connectivity index (χ1) is 27.8. The van der Waals surface area contributed by atoms with Crippen LogP contribution in [0.15, 0.2) is 66.4 Å². The molecule has 8 N–H and O–H groups in total. The van der Waals surface area contributed by atoms with Gasteiger partial charge in [-0.25, -0.2) is 4.79 Å². The molecule has 0 bridgehead atoms. The molecule has 2 aromatic rings. The lowest BCUT2D eigenvalue weighted by Crippen LogP contribution is -2.62. The van der Waals surface area contributed by atoms with Crippen molar-refractivity contribution in [3.05, 3.63) is 77.5 Å². The third-order valence-corrected chi connectivity index (χ3v) is 9.43. The second kappa shape index (κ2) is 22.0. The van der Waals surface area contributed by atoms with Gasteiger partial charge in [0.25, 0.3) is 0 Å². The lowest BCUT2D eigenvalue weighted by atomic mass is 9.99. The zero-order chi connectivity index (χ0) is 44.0. The number of rotatable bonds is 14. The Morgan fingerprint density at radius 1 is 0.746 bits per heavy atom. The van der Waals surface area contributed by atoms with E-state index in [1.54, 1.807) is 38.1 Å². The molecule has 59 heavy (non-hydrogen) atoms. The fraction of sp³-hybridized carbons (Fsp3) is 0.476. The fourth-order valence-electron chi connectivity index (χ4n) is 6.21. The highest BCUT2D eigenvalue weighted by Gasteiger charge is 2.38. The first-order valence-corrected chi connectivity index (χ1v) is 19.6. The highest BCUT2D eigenvalue weighted by molar-refractivity contribution is 6.00. The number of hydrogen-bond donors (Lipinski definition) is 8. The fourth-order valence-corrected chi connectivity index (χ4v) is 6.21. The van der Waals surface area contributed by atoms with Crippen LogP contribution in [0.3, 0.4) is 0 Å². The topological polar surface area (TPSA) is 250 Å². The Labute approximate surface area is 344 Å². The van der Waals surface area contributed by atoms with Crippen molar-refractivity contribution in [2.75, 3.05) is 0 Å². The van der Waals surface area contributed by atoms with Crippen molar-refractivity contribution in [2.24, 2.45) is 11.8 Å². The minimum absolute atomic E-state index is 0.0473. The molecule has 0 saturated carbocycles. The van der Waals surface area contributed by atoms with Gasteiger partial charge in [-0.2, -0.15) is 0 Å². The number of carbonyl (C=O) groups excluding carboxylic acids is 8. The van der Waals surface area contributed by atoms with Crippen LogP contribution in [-0.4, -0.2) is 94.8 Å². The molecule has 1 aliphatic rings. The molecule has 1 aliphatic heterocycles. The van der Waals surface area contributed by atoms with Gasteiger partial charge in [0.1, 0.15) is 53.8 Å². The van der Waals surface area contributed by atoms with Crippen LogP contribution in [0.1, 0.15) is 72.9 Å². The average molecular weight is 820 g/mol. The Hall–Kier alpha value is -6.26. The van der Waals surface area contributed by atoms with Gasteiger partial charge in [0.2, 0.25) is 41.4 Å². The summed E-state index contributed by atoms with van der Waals surface area (Å²) in [6.07, 6.45) is 0.0138. The number of amides is 7. The highest BCUT2D eigenvalue weighted by atomic mass is 16.5. The minimum Gasteiger partial charge on any atom is -0.508 e. The van der Waals surface area contributed by atoms with Gasteiger partial charge in [0, 0.05) is 19.8 Å². The van der Waals surface area contributed by atoms with Crippen LogP contribution in [-0.2, 0) is 55.9 Å². The number of hydrogen-bond acceptors (Lipinski definition) is 10. The highest BCUT2D eigenvalue weighted by Crippen LogP contribution is 2.15. The number of aromatic hydroxyl groups is 1. The Balaban J connectivity index is 1.99. The monoisotopic (exact) mass is 819 g/mol. The van der Waals surface area contributed by atoms with Crippen LogP contribution < -0.4 is 37.2 Å². The van der Waals surface area contributed by atoms with Gasteiger partial charge in [0.15, 0.2) is 0 Å². The summed E-state index contributed by atoms with van der Waals surface area (Å²) in [7, 11) is 0. The van der Waals surface area contributed by atoms with E-state index in [1.165, 1.54) is 58.0 Å². The summed E-state index contributed by atoms with van der Waals surface area (Å²) in [4.78, 5) is 108. The van der Waals surface area contributed by atoms with E-state index < -0.39 is 95.6 Å². The summed E-state index contributed by atoms with van der Waals surface area (Å²) in [5.74, 6) is -6.71. The molecule has 0 aromatic heterocycles. The van der Waals surface area contributed by atoms with E-state index in [0.29, 0.717) is 5.56 Å². The SMILES string of the molecule is C/C=C1\NC(=O)[C@H](C)NC(=O)[C@H](C(C)C)NC(=O)[C@H](NC(=O)[C@H](Cc2ccc(O)cc2)NC(=O)[C@@H](CC(C)C)NC(=O)[C@H](Cc2ccccc2)NC(C)=O)[C@@H](C)OC1=O. The lowest BCUT2D eigenvalue weighted by Gasteiger charge is -2.30. The lowest BCUT2D eigenvalue weighted by molar-refractivity contribution is -0.149. The molecule has 0 unspecified atom stereocenters. The summed E-state index contributed by atoms with van der Waals surface area (Å²) in [6.45, 7) is 12.5. The minimum atomic E-state index is -1.63. The molecule has 3 rings (SSSR count). The Bertz CT molecular complexity index is 1870. The van der Waals surface area contributed by atoms with Gasteiger partial charge in [-0.15, -0.1) is 0 Å². The van der Waals surface area contributed by atoms with Crippen molar-refractivity contribution >= 4 is 47.3 Å². The number of nitrogens with one attached hydrogen (secondary N) is 7. The predicted octanol–water partition coefficient (Wildman–Crippen LogP) is 0.793. The number of carbonyl (C=O) groups is 8. The number of phenolic OH excluding ortho intramolecular Hbond substituents is 1. The molecule has 0 radical (unpaired) electrons. The quantitative estimate of drug-likeness (QED) is 0.0984. The number of esters is 1. The molecule has 1 saturated heterocycles. The van der Waals surface area contributed by atoms with Crippen LogP contribution in [0, 0.1) is 11.8 Å². The zero-order valence-corrected chi connectivity index (χ0v) is 34.7. The van der Waals surface area contributed by atoms with Gasteiger partial charge in [-0.3, -0.25) is 33.6 Å². The maximum atomic E-state index is 14.3. The summed E-state index contributed by atoms with van der Waals surface area (Å²) < 4.78 is 5.57. The van der Waals surface area contributed by atoms with E-state index in [9.17, 15) is 43.5 Å². The summed E-state index contributed by atoms with van der Waals surface area (Å²) in [5, 5.41) is 28.2. The molecule has 1 heterocycles. The van der Waals surface area contributed by atoms with Crippen molar-refractivity contribution in [1.29, 1.82) is 0 Å². The van der Waals surface area contributed by atoms with E-state index in [4.69, 9.17) is 4.74 Å². The van der Waals surface area contributed by atoms with Gasteiger partial charge >= 0.3 is 5.97 Å². The van der Waals surface area contributed by atoms with E-state index in [0.717, 1.165) is 5.56 Å². The van der Waals surface area contributed by atoms with Gasteiger partial charge < -0.3 is 47.1 Å². The third kappa shape index (κ3) is 14.6. The average Bonchev–Trinajstić information content (AvgIpc) is 3.17. The second-order valence-electron chi connectivity index (χ2n) is 15.3. The number of benzene rings is 2. The normalized spacial score (nSPS) is 21.2. The predicted molar refractivity (Wildman–Crippen MR) is 217 cm³/mol. The third-order valence-electron chi connectivity index (χ3n) is 9.43. The Morgan fingerprint density at radius 3 is 1.86 bits per heavy atom. The van der Waals surface area contributed by atoms with E-state index in [2.05, 4.69) is 37.2 Å². The number of cyclic esters (lactones) is 1. The van der Waals surface area contributed by atoms with Crippen LogP contribution >= 0.6 is 0 Å². The first-order valence-electron chi connectivity index (χ1n) is 19.6. The van der Waals surface area contributed by atoms with Crippen LogP contribution in [0.2, 0.25) is 0 Å². The molecule has 17 heteroatoms. The maximum Gasteiger partial charge on any atom is 0.354 e. The van der Waals surface area contributed by atoms with Gasteiger partial charge in [0.05, 0.1) is 0 Å².